The lowest BCUT2D eigenvalue weighted by atomic mass is 10.1. The molecule has 2 heterocycles. The largest absolute Gasteiger partial charge is 0.491 e. The molecule has 1 aromatic carbocycles. The van der Waals surface area contributed by atoms with Crippen LogP contribution < -0.4 is 10.1 Å². The second-order valence-corrected chi connectivity index (χ2v) is 7.02. The van der Waals surface area contributed by atoms with E-state index in [1.165, 1.54) is 23.1 Å². The minimum Gasteiger partial charge on any atom is -0.491 e. The van der Waals surface area contributed by atoms with Crippen molar-refractivity contribution in [2.75, 3.05) is 12.4 Å². The molecule has 0 saturated carbocycles. The van der Waals surface area contributed by atoms with Crippen LogP contribution in [0.2, 0.25) is 0 Å². The zero-order chi connectivity index (χ0) is 13.9. The van der Waals surface area contributed by atoms with Gasteiger partial charge in [-0.25, -0.2) is 0 Å². The lowest BCUT2D eigenvalue weighted by Gasteiger charge is -2.10. The minimum absolute atomic E-state index is 0.0404. The van der Waals surface area contributed by atoms with Gasteiger partial charge in [0.1, 0.15) is 12.4 Å². The molecule has 0 unspecified atom stereocenters. The van der Waals surface area contributed by atoms with E-state index >= 15 is 0 Å². The van der Waals surface area contributed by atoms with Crippen LogP contribution >= 0.6 is 35.3 Å². The first kappa shape index (κ1) is 13.6. The van der Waals surface area contributed by atoms with Crippen LogP contribution in [-0.4, -0.2) is 28.5 Å². The van der Waals surface area contributed by atoms with Crippen molar-refractivity contribution in [2.24, 2.45) is 0 Å². The average molecular weight is 325 g/mol. The van der Waals surface area contributed by atoms with Gasteiger partial charge < -0.3 is 10.1 Å². The van der Waals surface area contributed by atoms with Crippen LogP contribution in [-0.2, 0) is 4.79 Å². The normalized spacial score (nSPS) is 16.5. The van der Waals surface area contributed by atoms with E-state index in [0.29, 0.717) is 16.3 Å². The summed E-state index contributed by atoms with van der Waals surface area (Å²) in [5, 5.41) is 9.66. The van der Waals surface area contributed by atoms with Gasteiger partial charge in [0, 0.05) is 5.56 Å². The van der Waals surface area contributed by atoms with Crippen molar-refractivity contribution in [2.45, 2.75) is 10.4 Å². The minimum atomic E-state index is -0.0725. The maximum atomic E-state index is 11.9. The van der Waals surface area contributed by atoms with Crippen LogP contribution in [0.25, 0.3) is 0 Å². The lowest BCUT2D eigenvalue weighted by molar-refractivity contribution is -0.119. The molecule has 1 atom stereocenters. The second kappa shape index (κ2) is 5.94. The SMILES string of the molecule is O=C(CSc1n[nH]c(=S)s1)N[C@H]1COc2ccccc21. The zero-order valence-electron chi connectivity index (χ0n) is 10.3. The number of aromatic nitrogens is 2. The number of carbonyl (C=O) groups excluding carboxylic acids is 1. The maximum absolute atomic E-state index is 11.9. The number of fused-ring (bicyclic) bond motifs is 1. The molecule has 0 aliphatic carbocycles. The molecule has 1 aliphatic rings. The predicted molar refractivity (Wildman–Crippen MR) is 80.8 cm³/mol. The number of carbonyl (C=O) groups is 1. The number of nitrogens with one attached hydrogen (secondary N) is 2. The van der Waals surface area contributed by atoms with Gasteiger partial charge in [-0.1, -0.05) is 41.3 Å². The number of para-hydroxylation sites is 1. The number of ether oxygens (including phenoxy) is 1. The number of benzene rings is 1. The molecule has 2 N–H and O–H groups in total. The Kier molecular flexibility index (Phi) is 4.04. The molecule has 104 valence electrons. The molecule has 5 nitrogen and oxygen atoms in total. The molecule has 0 radical (unpaired) electrons. The Morgan fingerprint density at radius 3 is 3.25 bits per heavy atom. The van der Waals surface area contributed by atoms with E-state index in [4.69, 9.17) is 17.0 Å². The fraction of sp³-hybridized carbons (Fsp3) is 0.250. The summed E-state index contributed by atoms with van der Waals surface area (Å²) >= 11 is 7.68. The van der Waals surface area contributed by atoms with Crippen molar-refractivity contribution in [1.82, 2.24) is 15.5 Å². The number of nitrogens with zero attached hydrogens (tertiary/aromatic N) is 1. The molecular formula is C12H11N3O2S3. The van der Waals surface area contributed by atoms with Crippen LogP contribution in [0.3, 0.4) is 0 Å². The van der Waals surface area contributed by atoms with E-state index in [1.54, 1.807) is 0 Å². The van der Waals surface area contributed by atoms with Crippen molar-refractivity contribution in [3.8, 4) is 5.75 Å². The first-order chi connectivity index (χ1) is 9.72. The summed E-state index contributed by atoms with van der Waals surface area (Å²) in [5.41, 5.74) is 1.03. The molecule has 0 spiro atoms. The molecular weight excluding hydrogens is 314 g/mol. The molecule has 3 rings (SSSR count). The third kappa shape index (κ3) is 3.02. The quantitative estimate of drug-likeness (QED) is 0.668. The molecule has 0 saturated heterocycles. The van der Waals surface area contributed by atoms with Crippen molar-refractivity contribution in [3.05, 3.63) is 33.8 Å². The zero-order valence-corrected chi connectivity index (χ0v) is 12.7. The van der Waals surface area contributed by atoms with Crippen LogP contribution in [0, 0.1) is 3.95 Å². The van der Waals surface area contributed by atoms with Crippen LogP contribution in [0.15, 0.2) is 28.6 Å². The third-order valence-corrected chi connectivity index (χ3v) is 5.01. The van der Waals surface area contributed by atoms with E-state index in [9.17, 15) is 4.79 Å². The molecule has 2 aromatic rings. The summed E-state index contributed by atoms with van der Waals surface area (Å²) < 4.78 is 6.92. The highest BCUT2D eigenvalue weighted by atomic mass is 32.2. The highest BCUT2D eigenvalue weighted by Crippen LogP contribution is 2.31. The summed E-state index contributed by atoms with van der Waals surface area (Å²) in [5.74, 6) is 1.12. The number of rotatable bonds is 4. The van der Waals surface area contributed by atoms with E-state index in [2.05, 4.69) is 15.5 Å². The topological polar surface area (TPSA) is 67.0 Å². The number of hydrogen-bond donors (Lipinski definition) is 2. The Morgan fingerprint density at radius 2 is 2.45 bits per heavy atom. The fourth-order valence-electron chi connectivity index (χ4n) is 1.92. The summed E-state index contributed by atoms with van der Waals surface area (Å²) in [7, 11) is 0. The second-order valence-electron chi connectivity index (χ2n) is 4.14. The highest BCUT2D eigenvalue weighted by molar-refractivity contribution is 8.01. The van der Waals surface area contributed by atoms with E-state index in [1.807, 2.05) is 24.3 Å². The van der Waals surface area contributed by atoms with Crippen LogP contribution in [0.4, 0.5) is 0 Å². The van der Waals surface area contributed by atoms with E-state index in [-0.39, 0.29) is 11.9 Å². The Balaban J connectivity index is 1.56. The van der Waals surface area contributed by atoms with Gasteiger partial charge in [0.15, 0.2) is 8.29 Å². The van der Waals surface area contributed by atoms with Gasteiger partial charge in [-0.05, 0) is 18.3 Å². The van der Waals surface area contributed by atoms with E-state index in [0.717, 1.165) is 15.7 Å². The van der Waals surface area contributed by atoms with Crippen molar-refractivity contribution < 1.29 is 9.53 Å². The van der Waals surface area contributed by atoms with Gasteiger partial charge >= 0.3 is 0 Å². The van der Waals surface area contributed by atoms with Crippen molar-refractivity contribution in [1.29, 1.82) is 0 Å². The van der Waals surface area contributed by atoms with Gasteiger partial charge in [0.25, 0.3) is 0 Å². The standard InChI is InChI=1S/C12H11N3O2S3/c16-10(6-19-12-15-14-11(18)20-12)13-8-5-17-9-4-2-1-3-7(8)9/h1-4,8H,5-6H2,(H,13,16)(H,14,18)/t8-/m0/s1. The Bertz CT molecular complexity index is 682. The van der Waals surface area contributed by atoms with Gasteiger partial charge in [-0.3, -0.25) is 9.89 Å². The van der Waals surface area contributed by atoms with E-state index < -0.39 is 0 Å². The first-order valence-corrected chi connectivity index (χ1v) is 8.13. The number of thioether (sulfide) groups is 1. The smallest absolute Gasteiger partial charge is 0.231 e. The molecule has 0 fully saturated rings. The molecule has 1 amide bonds. The monoisotopic (exact) mass is 325 g/mol. The predicted octanol–water partition coefficient (Wildman–Crippen LogP) is 2.54. The van der Waals surface area contributed by atoms with Gasteiger partial charge in [-0.15, -0.1) is 0 Å². The van der Waals surface area contributed by atoms with Gasteiger partial charge in [0.05, 0.1) is 11.8 Å². The van der Waals surface area contributed by atoms with Gasteiger partial charge in [0.2, 0.25) is 5.91 Å². The summed E-state index contributed by atoms with van der Waals surface area (Å²) in [4.78, 5) is 11.9. The van der Waals surface area contributed by atoms with Crippen LogP contribution in [0.5, 0.6) is 5.75 Å². The lowest BCUT2D eigenvalue weighted by Crippen LogP contribution is -2.30. The number of hydrogen-bond acceptors (Lipinski definition) is 6. The molecule has 1 aliphatic heterocycles. The Morgan fingerprint density at radius 1 is 1.60 bits per heavy atom. The average Bonchev–Trinajstić information content (AvgIpc) is 3.04. The van der Waals surface area contributed by atoms with Crippen LogP contribution in [0.1, 0.15) is 11.6 Å². The molecule has 0 bridgehead atoms. The fourth-order valence-corrected chi connectivity index (χ4v) is 3.82. The number of H-pyrrole nitrogens is 1. The first-order valence-electron chi connectivity index (χ1n) is 5.92. The molecule has 20 heavy (non-hydrogen) atoms. The summed E-state index contributed by atoms with van der Waals surface area (Å²) in [6.07, 6.45) is 0. The van der Waals surface area contributed by atoms with Crippen molar-refractivity contribution in [3.63, 3.8) is 0 Å². The highest BCUT2D eigenvalue weighted by Gasteiger charge is 2.24. The molecule has 8 heteroatoms. The number of aromatic amines is 1. The maximum Gasteiger partial charge on any atom is 0.231 e. The Hall–Kier alpha value is -1.38. The molecule has 1 aromatic heterocycles. The summed E-state index contributed by atoms with van der Waals surface area (Å²) in [6, 6.07) is 7.67. The summed E-state index contributed by atoms with van der Waals surface area (Å²) in [6.45, 7) is 0.483. The third-order valence-electron chi connectivity index (χ3n) is 2.78. The van der Waals surface area contributed by atoms with Gasteiger partial charge in [-0.2, -0.15) is 5.10 Å². The Labute approximate surface area is 128 Å². The number of amides is 1. The van der Waals surface area contributed by atoms with Crippen molar-refractivity contribution >= 4 is 41.2 Å².